The minimum atomic E-state index is -0.881. The summed E-state index contributed by atoms with van der Waals surface area (Å²) in [5, 5.41) is 2.28. The van der Waals surface area contributed by atoms with Gasteiger partial charge in [-0.1, -0.05) is 29.2 Å². The van der Waals surface area contributed by atoms with Crippen molar-refractivity contribution in [1.29, 1.82) is 0 Å². The number of halogens is 1. The molecule has 43 heavy (non-hydrogen) atoms. The Hall–Kier alpha value is -4.62. The van der Waals surface area contributed by atoms with E-state index >= 15 is 0 Å². The molecule has 2 aliphatic rings. The molecule has 0 aliphatic carbocycles. The summed E-state index contributed by atoms with van der Waals surface area (Å²) in [6.45, 7) is 1.61. The second-order valence-electron chi connectivity index (χ2n) is 9.79. The van der Waals surface area contributed by atoms with Gasteiger partial charge in [-0.05, 0) is 67.1 Å². The summed E-state index contributed by atoms with van der Waals surface area (Å²) in [6.07, 6.45) is 3.18. The molecule has 1 fully saturated rings. The zero-order valence-electron chi connectivity index (χ0n) is 22.6. The maximum atomic E-state index is 13.8. The molecule has 2 aromatic carbocycles. The van der Waals surface area contributed by atoms with E-state index in [-0.39, 0.29) is 18.8 Å². The molecule has 10 nitrogen and oxygen atoms in total. The summed E-state index contributed by atoms with van der Waals surface area (Å²) in [4.78, 5) is 71.2. The minimum absolute atomic E-state index is 0.238. The zero-order valence-corrected chi connectivity index (χ0v) is 24.2. The Bertz CT molecular complexity index is 1790. The van der Waals surface area contributed by atoms with Crippen molar-refractivity contribution >= 4 is 58.2 Å². The first kappa shape index (κ1) is 28.5. The van der Waals surface area contributed by atoms with Crippen LogP contribution in [-0.4, -0.2) is 45.1 Å². The van der Waals surface area contributed by atoms with Gasteiger partial charge in [-0.2, -0.15) is 0 Å². The van der Waals surface area contributed by atoms with Crippen molar-refractivity contribution in [2.45, 2.75) is 29.7 Å². The number of rotatable bonds is 7. The molecule has 2 aromatic heterocycles. The lowest BCUT2D eigenvalue weighted by atomic mass is 9.84. The number of aromatic nitrogens is 2. The third-order valence-electron chi connectivity index (χ3n) is 7.16. The first-order valence-corrected chi connectivity index (χ1v) is 15.0. The van der Waals surface area contributed by atoms with Crippen LogP contribution in [0.2, 0.25) is 0 Å². The van der Waals surface area contributed by atoms with Gasteiger partial charge in [0.2, 0.25) is 17.7 Å². The Morgan fingerprint density at radius 3 is 2.44 bits per heavy atom. The third kappa shape index (κ3) is 5.25. The monoisotopic (exact) mass is 618 g/mol. The SMILES string of the molecule is CCOC(=O)c1ccc(NC(=O)Cn2c3c(sc2=O)[C@@H](c2cccnc2)[C@@H]2C(=O)N(c4ccc(F)cc4)C(=O)[C@@H]2S3)cc1. The lowest BCUT2D eigenvalue weighted by molar-refractivity contribution is -0.122. The summed E-state index contributed by atoms with van der Waals surface area (Å²) >= 11 is 2.01. The number of esters is 1. The fraction of sp³-hybridized carbons (Fsp3) is 0.200. The van der Waals surface area contributed by atoms with Crippen LogP contribution in [-0.2, 0) is 25.7 Å². The number of hydrogen-bond acceptors (Lipinski definition) is 9. The average Bonchev–Trinajstić information content (AvgIpc) is 3.44. The van der Waals surface area contributed by atoms with Gasteiger partial charge in [0.15, 0.2) is 0 Å². The molecular formula is C30H23FN4O6S2. The first-order valence-electron chi connectivity index (χ1n) is 13.3. The van der Waals surface area contributed by atoms with Crippen LogP contribution in [0.15, 0.2) is 82.9 Å². The third-order valence-corrected chi connectivity index (χ3v) is 9.76. The van der Waals surface area contributed by atoms with Crippen molar-refractivity contribution < 1.29 is 28.3 Å². The molecule has 218 valence electrons. The number of carbonyl (C=O) groups is 4. The molecular weight excluding hydrogens is 595 g/mol. The van der Waals surface area contributed by atoms with Crippen LogP contribution in [0.5, 0.6) is 0 Å². The van der Waals surface area contributed by atoms with Gasteiger partial charge in [0.05, 0.1) is 28.8 Å². The zero-order chi connectivity index (χ0) is 30.2. The number of nitrogens with zero attached hydrogens (tertiary/aromatic N) is 3. The van der Waals surface area contributed by atoms with Crippen LogP contribution in [0.3, 0.4) is 0 Å². The Balaban J connectivity index is 1.32. The number of nitrogens with one attached hydrogen (secondary N) is 1. The maximum absolute atomic E-state index is 13.8. The maximum Gasteiger partial charge on any atom is 0.338 e. The molecule has 4 heterocycles. The number of imide groups is 1. The summed E-state index contributed by atoms with van der Waals surface area (Å²) in [7, 11) is 0. The number of anilines is 2. The minimum Gasteiger partial charge on any atom is -0.462 e. The van der Waals surface area contributed by atoms with Crippen LogP contribution in [0, 0.1) is 11.7 Å². The van der Waals surface area contributed by atoms with E-state index in [4.69, 9.17) is 4.74 Å². The van der Waals surface area contributed by atoms with E-state index in [2.05, 4.69) is 10.3 Å². The highest BCUT2D eigenvalue weighted by atomic mass is 32.2. The fourth-order valence-corrected chi connectivity index (χ4v) is 8.04. The van der Waals surface area contributed by atoms with Crippen LogP contribution >= 0.6 is 23.1 Å². The normalized spacial score (nSPS) is 19.1. The molecule has 0 radical (unpaired) electrons. The largest absolute Gasteiger partial charge is 0.462 e. The van der Waals surface area contributed by atoms with Crippen LogP contribution in [0.4, 0.5) is 15.8 Å². The molecule has 3 atom stereocenters. The molecule has 2 aliphatic heterocycles. The number of thioether (sulfide) groups is 1. The van der Waals surface area contributed by atoms with Crippen molar-refractivity contribution in [2.75, 3.05) is 16.8 Å². The number of amides is 3. The lowest BCUT2D eigenvalue weighted by Gasteiger charge is -2.30. The molecule has 0 spiro atoms. The van der Waals surface area contributed by atoms with Gasteiger partial charge in [0, 0.05) is 28.9 Å². The van der Waals surface area contributed by atoms with Gasteiger partial charge in [-0.3, -0.25) is 28.7 Å². The van der Waals surface area contributed by atoms with Gasteiger partial charge < -0.3 is 10.1 Å². The molecule has 0 unspecified atom stereocenters. The van der Waals surface area contributed by atoms with E-state index in [1.807, 2.05) is 0 Å². The molecule has 0 bridgehead atoms. The van der Waals surface area contributed by atoms with Gasteiger partial charge >= 0.3 is 10.8 Å². The standard InChI is InChI=1S/C30H23FN4O6S2/c1-2-41-29(39)16-5-9-19(10-6-16)33-21(36)15-34-28-25(43-30(34)40)22(17-4-3-13-32-14-17)23-24(42-28)27(38)35(26(23)37)20-11-7-18(31)8-12-20/h3-14,22-24H,2,15H2,1H3,(H,33,36)/t22-,23-,24+/m0/s1. The van der Waals surface area contributed by atoms with Crippen LogP contribution < -0.4 is 15.1 Å². The van der Waals surface area contributed by atoms with Gasteiger partial charge in [0.25, 0.3) is 0 Å². The number of pyridine rings is 1. The highest BCUT2D eigenvalue weighted by Gasteiger charge is 2.56. The van der Waals surface area contributed by atoms with Crippen molar-refractivity contribution in [3.8, 4) is 0 Å². The van der Waals surface area contributed by atoms with E-state index in [0.717, 1.165) is 28.0 Å². The fourth-order valence-electron chi connectivity index (χ4n) is 5.27. The smallest absolute Gasteiger partial charge is 0.338 e. The van der Waals surface area contributed by atoms with E-state index in [0.29, 0.717) is 26.7 Å². The highest BCUT2D eigenvalue weighted by Crippen LogP contribution is 2.53. The van der Waals surface area contributed by atoms with Crippen molar-refractivity contribution in [3.63, 3.8) is 0 Å². The molecule has 0 saturated carbocycles. The summed E-state index contributed by atoms with van der Waals surface area (Å²) in [5.41, 5.74) is 1.66. The van der Waals surface area contributed by atoms with E-state index < -0.39 is 51.5 Å². The predicted molar refractivity (Wildman–Crippen MR) is 158 cm³/mol. The predicted octanol–water partition coefficient (Wildman–Crippen LogP) is 4.06. The van der Waals surface area contributed by atoms with Crippen molar-refractivity contribution in [1.82, 2.24) is 9.55 Å². The Labute approximate surface area is 252 Å². The molecule has 6 rings (SSSR count). The number of fused-ring (bicyclic) bond motifs is 2. The molecule has 3 amide bonds. The number of thiazole rings is 1. The average molecular weight is 619 g/mol. The van der Waals surface area contributed by atoms with E-state index in [1.165, 1.54) is 41.0 Å². The van der Waals surface area contributed by atoms with Crippen LogP contribution in [0.1, 0.15) is 33.6 Å². The summed E-state index contributed by atoms with van der Waals surface area (Å²) < 4.78 is 19.9. The summed E-state index contributed by atoms with van der Waals surface area (Å²) in [6, 6.07) is 14.8. The van der Waals surface area contributed by atoms with E-state index in [1.54, 1.807) is 43.6 Å². The number of hydrogen-bond donors (Lipinski definition) is 1. The van der Waals surface area contributed by atoms with Crippen LogP contribution in [0.25, 0.3) is 0 Å². The highest BCUT2D eigenvalue weighted by molar-refractivity contribution is 8.00. The first-order chi connectivity index (χ1) is 20.8. The van der Waals surface area contributed by atoms with Gasteiger partial charge in [0.1, 0.15) is 17.6 Å². The van der Waals surface area contributed by atoms with Crippen molar-refractivity contribution in [3.05, 3.63) is 105 Å². The summed E-state index contributed by atoms with van der Waals surface area (Å²) in [5.74, 6) is -3.90. The molecule has 1 saturated heterocycles. The van der Waals surface area contributed by atoms with Gasteiger partial charge in [-0.15, -0.1) is 0 Å². The number of carbonyl (C=O) groups excluding carboxylic acids is 4. The second-order valence-corrected chi connectivity index (χ2v) is 11.9. The molecule has 1 N–H and O–H groups in total. The number of benzene rings is 2. The second kappa shape index (κ2) is 11.6. The van der Waals surface area contributed by atoms with E-state index in [9.17, 15) is 28.4 Å². The topological polar surface area (TPSA) is 128 Å². The Morgan fingerprint density at radius 2 is 1.77 bits per heavy atom. The Kier molecular flexibility index (Phi) is 7.67. The molecule has 4 aromatic rings. The lowest BCUT2D eigenvalue weighted by Crippen LogP contribution is -2.33. The quantitative estimate of drug-likeness (QED) is 0.243. The Morgan fingerprint density at radius 1 is 1.02 bits per heavy atom. The van der Waals surface area contributed by atoms with Crippen molar-refractivity contribution in [2.24, 2.45) is 5.92 Å². The van der Waals surface area contributed by atoms with Gasteiger partial charge in [-0.25, -0.2) is 14.1 Å². The number of ether oxygens (including phenoxy) is 1. The molecule has 13 heteroatoms.